The third-order valence-electron chi connectivity index (χ3n) is 4.64. The molecule has 0 amide bonds. The smallest absolute Gasteiger partial charge is 0.351 e. The second kappa shape index (κ2) is 5.22. The lowest BCUT2D eigenvalue weighted by Crippen LogP contribution is -2.53. The van der Waals surface area contributed by atoms with E-state index >= 15 is 0 Å². The molecule has 5 nitrogen and oxygen atoms in total. The highest BCUT2D eigenvalue weighted by atomic mass is 16.6. The number of carbonyl (C=O) groups is 1. The number of carbonyl (C=O) groups excluding carboxylic acids is 1. The molecule has 5 rings (SSSR count). The van der Waals surface area contributed by atoms with E-state index in [-0.39, 0.29) is 18.7 Å². The molecule has 2 bridgehead atoms. The number of esters is 1. The van der Waals surface area contributed by atoms with Crippen molar-refractivity contribution in [1.29, 1.82) is 0 Å². The molecule has 0 radical (unpaired) electrons. The summed E-state index contributed by atoms with van der Waals surface area (Å²) in [7, 11) is 0. The van der Waals surface area contributed by atoms with E-state index in [1.807, 2.05) is 24.3 Å². The van der Waals surface area contributed by atoms with Crippen LogP contribution in [0, 0.1) is 5.92 Å². The monoisotopic (exact) mass is 289 g/mol. The van der Waals surface area contributed by atoms with Crippen LogP contribution in [-0.4, -0.2) is 49.3 Å². The van der Waals surface area contributed by atoms with Crippen molar-refractivity contribution >= 4 is 5.97 Å². The van der Waals surface area contributed by atoms with Crippen LogP contribution in [-0.2, 0) is 9.53 Å². The second-order valence-corrected chi connectivity index (χ2v) is 5.98. The third kappa shape index (κ3) is 2.46. The Balaban J connectivity index is 1.40. The maximum absolute atomic E-state index is 12.3. The van der Waals surface area contributed by atoms with Crippen molar-refractivity contribution in [2.45, 2.75) is 25.0 Å². The first-order valence-electron chi connectivity index (χ1n) is 7.61. The van der Waals surface area contributed by atoms with Gasteiger partial charge in [-0.15, -0.1) is 0 Å². The molecule has 4 aliphatic heterocycles. The normalized spacial score (nSPS) is 33.5. The van der Waals surface area contributed by atoms with Crippen molar-refractivity contribution in [3.63, 3.8) is 0 Å². The van der Waals surface area contributed by atoms with E-state index < -0.39 is 6.10 Å². The van der Waals surface area contributed by atoms with Crippen molar-refractivity contribution in [3.05, 3.63) is 24.3 Å². The first kappa shape index (κ1) is 13.0. The first-order valence-corrected chi connectivity index (χ1v) is 7.61. The van der Waals surface area contributed by atoms with Gasteiger partial charge in [-0.05, 0) is 44.0 Å². The average molecular weight is 289 g/mol. The summed E-state index contributed by atoms with van der Waals surface area (Å²) in [6, 6.07) is 7.39. The predicted molar refractivity (Wildman–Crippen MR) is 75.4 cm³/mol. The summed E-state index contributed by atoms with van der Waals surface area (Å²) in [5.74, 6) is 1.50. The second-order valence-electron chi connectivity index (χ2n) is 5.98. The van der Waals surface area contributed by atoms with Crippen LogP contribution < -0.4 is 9.47 Å². The molecule has 0 N–H and O–H groups in total. The van der Waals surface area contributed by atoms with Crippen LogP contribution in [0.15, 0.2) is 24.3 Å². The van der Waals surface area contributed by atoms with Crippen molar-refractivity contribution < 1.29 is 19.0 Å². The number of para-hydroxylation sites is 2. The third-order valence-corrected chi connectivity index (χ3v) is 4.64. The molecule has 1 aromatic carbocycles. The van der Waals surface area contributed by atoms with Gasteiger partial charge in [-0.2, -0.15) is 0 Å². The minimum absolute atomic E-state index is 0.0146. The molecule has 3 saturated heterocycles. The zero-order valence-corrected chi connectivity index (χ0v) is 11.9. The SMILES string of the molecule is O=C(O[C@H]1CN2CCC1CC2)[C@@H]1COc2ccccc2O1. The number of ether oxygens (including phenoxy) is 3. The summed E-state index contributed by atoms with van der Waals surface area (Å²) >= 11 is 0. The van der Waals surface area contributed by atoms with Crippen molar-refractivity contribution in [1.82, 2.24) is 4.90 Å². The van der Waals surface area contributed by atoms with E-state index in [1.165, 1.54) is 0 Å². The number of piperidine rings is 3. The molecule has 1 aromatic rings. The summed E-state index contributed by atoms with van der Waals surface area (Å²) in [6.07, 6.45) is 1.61. The van der Waals surface area contributed by atoms with Gasteiger partial charge in [0.25, 0.3) is 0 Å². The Morgan fingerprint density at radius 2 is 1.95 bits per heavy atom. The molecule has 0 spiro atoms. The lowest BCUT2D eigenvalue weighted by molar-refractivity contribution is -0.169. The minimum Gasteiger partial charge on any atom is -0.485 e. The molecule has 3 fully saturated rings. The Hall–Kier alpha value is -1.75. The van der Waals surface area contributed by atoms with E-state index in [0.29, 0.717) is 17.4 Å². The van der Waals surface area contributed by atoms with Gasteiger partial charge in [-0.1, -0.05) is 12.1 Å². The van der Waals surface area contributed by atoms with Gasteiger partial charge >= 0.3 is 5.97 Å². The van der Waals surface area contributed by atoms with E-state index in [2.05, 4.69) is 4.90 Å². The molecular weight excluding hydrogens is 270 g/mol. The zero-order chi connectivity index (χ0) is 14.2. The highest BCUT2D eigenvalue weighted by molar-refractivity contribution is 5.76. The molecule has 0 saturated carbocycles. The lowest BCUT2D eigenvalue weighted by atomic mass is 9.86. The highest BCUT2D eigenvalue weighted by Crippen LogP contribution is 2.33. The van der Waals surface area contributed by atoms with Crippen LogP contribution in [0.5, 0.6) is 11.5 Å². The number of nitrogens with zero attached hydrogens (tertiary/aromatic N) is 1. The molecule has 2 atom stereocenters. The summed E-state index contributed by atoms with van der Waals surface area (Å²) in [5.41, 5.74) is 0. The summed E-state index contributed by atoms with van der Waals surface area (Å²) in [4.78, 5) is 14.7. The van der Waals surface area contributed by atoms with Crippen LogP contribution in [0.4, 0.5) is 0 Å². The van der Waals surface area contributed by atoms with Crippen LogP contribution in [0.25, 0.3) is 0 Å². The lowest BCUT2D eigenvalue weighted by Gasteiger charge is -2.44. The van der Waals surface area contributed by atoms with E-state index in [4.69, 9.17) is 14.2 Å². The van der Waals surface area contributed by atoms with Gasteiger partial charge in [0.05, 0.1) is 0 Å². The molecule has 5 heteroatoms. The molecule has 4 heterocycles. The van der Waals surface area contributed by atoms with E-state index in [1.54, 1.807) is 0 Å². The highest BCUT2D eigenvalue weighted by Gasteiger charge is 2.38. The topological polar surface area (TPSA) is 48.0 Å². The fourth-order valence-corrected chi connectivity index (χ4v) is 3.41. The fraction of sp³-hybridized carbons (Fsp3) is 0.562. The zero-order valence-electron chi connectivity index (χ0n) is 11.9. The van der Waals surface area contributed by atoms with Crippen molar-refractivity contribution in [2.75, 3.05) is 26.2 Å². The number of benzene rings is 1. The maximum atomic E-state index is 12.3. The van der Waals surface area contributed by atoms with Crippen molar-refractivity contribution in [2.24, 2.45) is 5.92 Å². The van der Waals surface area contributed by atoms with Gasteiger partial charge in [-0.3, -0.25) is 4.90 Å². The van der Waals surface area contributed by atoms with Gasteiger partial charge < -0.3 is 14.2 Å². The van der Waals surface area contributed by atoms with Gasteiger partial charge in [-0.25, -0.2) is 4.79 Å². The number of fused-ring (bicyclic) bond motifs is 4. The van der Waals surface area contributed by atoms with Gasteiger partial charge in [0.2, 0.25) is 6.10 Å². The van der Waals surface area contributed by atoms with E-state index in [0.717, 1.165) is 32.5 Å². The number of rotatable bonds is 2. The number of hydrogen-bond donors (Lipinski definition) is 0. The molecular formula is C16H19NO4. The number of hydrogen-bond acceptors (Lipinski definition) is 5. The van der Waals surface area contributed by atoms with Crippen molar-refractivity contribution in [3.8, 4) is 11.5 Å². The molecule has 112 valence electrons. The predicted octanol–water partition coefficient (Wildman–Crippen LogP) is 1.46. The Labute approximate surface area is 123 Å². The van der Waals surface area contributed by atoms with Gasteiger partial charge in [0.1, 0.15) is 12.7 Å². The maximum Gasteiger partial charge on any atom is 0.351 e. The average Bonchev–Trinajstić information content (AvgIpc) is 2.55. The van der Waals surface area contributed by atoms with Crippen LogP contribution in [0.2, 0.25) is 0 Å². The first-order chi connectivity index (χ1) is 10.3. The molecule has 0 aliphatic carbocycles. The Morgan fingerprint density at radius 1 is 1.19 bits per heavy atom. The molecule has 4 aliphatic rings. The fourth-order valence-electron chi connectivity index (χ4n) is 3.41. The molecule has 0 aromatic heterocycles. The summed E-state index contributed by atoms with van der Waals surface area (Å²) < 4.78 is 17.0. The van der Waals surface area contributed by atoms with E-state index in [9.17, 15) is 4.79 Å². The quantitative estimate of drug-likeness (QED) is 0.772. The largest absolute Gasteiger partial charge is 0.485 e. The molecule has 0 unspecified atom stereocenters. The van der Waals surface area contributed by atoms with Gasteiger partial charge in [0, 0.05) is 6.54 Å². The van der Waals surface area contributed by atoms with Gasteiger partial charge in [0.15, 0.2) is 11.5 Å². The minimum atomic E-state index is -0.657. The van der Waals surface area contributed by atoms with Crippen LogP contribution >= 0.6 is 0 Å². The Morgan fingerprint density at radius 3 is 2.67 bits per heavy atom. The summed E-state index contributed by atoms with van der Waals surface area (Å²) in [6.45, 7) is 3.35. The Bertz CT molecular complexity index is 539. The summed E-state index contributed by atoms with van der Waals surface area (Å²) in [5, 5.41) is 0. The van der Waals surface area contributed by atoms with Crippen LogP contribution in [0.3, 0.4) is 0 Å². The van der Waals surface area contributed by atoms with Crippen LogP contribution in [0.1, 0.15) is 12.8 Å². The standard InChI is InChI=1S/C16H19NO4/c18-16(21-14-9-17-7-5-11(14)6-8-17)15-10-19-12-3-1-2-4-13(12)20-15/h1-4,11,14-15H,5-10H2/t14-,15-/m0/s1. The Kier molecular flexibility index (Phi) is 3.22. The molecule has 21 heavy (non-hydrogen) atoms.